The van der Waals surface area contributed by atoms with Crippen LogP contribution in [0.1, 0.15) is 46.5 Å². The maximum absolute atomic E-state index is 11.6. The van der Waals surface area contributed by atoms with Crippen LogP contribution >= 0.6 is 0 Å². The van der Waals surface area contributed by atoms with E-state index in [2.05, 4.69) is 0 Å². The van der Waals surface area contributed by atoms with Crippen LogP contribution in [0, 0.1) is 16.7 Å². The van der Waals surface area contributed by atoms with Gasteiger partial charge in [-0.2, -0.15) is 5.26 Å². The molecule has 0 aromatic carbocycles. The van der Waals surface area contributed by atoms with Crippen molar-refractivity contribution in [3.05, 3.63) is 0 Å². The fourth-order valence-electron chi connectivity index (χ4n) is 1.74. The van der Waals surface area contributed by atoms with E-state index >= 15 is 0 Å². The van der Waals surface area contributed by atoms with E-state index in [-0.39, 0.29) is 43.0 Å². The molecule has 0 aromatic rings. The van der Waals surface area contributed by atoms with Crippen molar-refractivity contribution < 1.29 is 14.4 Å². The molecule has 0 unspecified atom stereocenters. The predicted molar refractivity (Wildman–Crippen MR) is 58.6 cm³/mol. The number of carbonyl (C=O) groups is 3. The van der Waals surface area contributed by atoms with Crippen LogP contribution in [-0.4, -0.2) is 17.3 Å². The molecule has 0 radical (unpaired) electrons. The number of nitrogens with zero attached hydrogens (tertiary/aromatic N) is 1. The zero-order valence-electron chi connectivity index (χ0n) is 10.0. The molecule has 4 heteroatoms. The summed E-state index contributed by atoms with van der Waals surface area (Å²) < 4.78 is 0. The number of carbonyl (C=O) groups excluding carboxylic acids is 3. The SMILES string of the molecule is CC(=O)CCC(CCC#N)(C(C)=O)C(C)=O. The minimum absolute atomic E-state index is 0.0520. The lowest BCUT2D eigenvalue weighted by Gasteiger charge is -2.27. The first kappa shape index (κ1) is 14.5. The number of ketones is 3. The molecule has 0 rings (SSSR count). The number of rotatable bonds is 7. The van der Waals surface area contributed by atoms with Crippen LogP contribution in [0.4, 0.5) is 0 Å². The van der Waals surface area contributed by atoms with Gasteiger partial charge in [0.1, 0.15) is 17.3 Å². The molecule has 0 atom stereocenters. The summed E-state index contributed by atoms with van der Waals surface area (Å²) in [6.45, 7) is 4.12. The highest BCUT2D eigenvalue weighted by Gasteiger charge is 2.39. The average Bonchev–Trinajstić information content (AvgIpc) is 2.17. The fourth-order valence-corrected chi connectivity index (χ4v) is 1.74. The Hall–Kier alpha value is -1.50. The Morgan fingerprint density at radius 2 is 1.56 bits per heavy atom. The van der Waals surface area contributed by atoms with E-state index in [1.54, 1.807) is 0 Å². The first-order valence-corrected chi connectivity index (χ1v) is 5.25. The van der Waals surface area contributed by atoms with Crippen LogP contribution < -0.4 is 0 Å². The number of Topliss-reactive ketones (excluding diaryl/α,β-unsaturated/α-hetero) is 3. The summed E-state index contributed by atoms with van der Waals surface area (Å²) in [5.41, 5.74) is -1.14. The molecular weight excluding hydrogens is 206 g/mol. The molecule has 4 nitrogen and oxygen atoms in total. The fraction of sp³-hybridized carbons (Fsp3) is 0.667. The second-order valence-electron chi connectivity index (χ2n) is 4.05. The lowest BCUT2D eigenvalue weighted by atomic mass is 9.72. The topological polar surface area (TPSA) is 75.0 Å². The summed E-state index contributed by atoms with van der Waals surface area (Å²) >= 11 is 0. The Labute approximate surface area is 95.6 Å². The molecule has 0 aromatic heterocycles. The summed E-state index contributed by atoms with van der Waals surface area (Å²) in [6.07, 6.45) is 0.776. The van der Waals surface area contributed by atoms with Crippen LogP contribution in [0.3, 0.4) is 0 Å². The van der Waals surface area contributed by atoms with Crippen LogP contribution in [0.2, 0.25) is 0 Å². The molecule has 0 bridgehead atoms. The molecule has 0 amide bonds. The third kappa shape index (κ3) is 3.58. The lowest BCUT2D eigenvalue weighted by molar-refractivity contribution is -0.139. The first-order valence-electron chi connectivity index (χ1n) is 5.25. The summed E-state index contributed by atoms with van der Waals surface area (Å²) in [4.78, 5) is 34.1. The van der Waals surface area contributed by atoms with E-state index in [0.29, 0.717) is 0 Å². The van der Waals surface area contributed by atoms with Gasteiger partial charge >= 0.3 is 0 Å². The molecule has 0 spiro atoms. The first-order chi connectivity index (χ1) is 7.36. The van der Waals surface area contributed by atoms with Crippen molar-refractivity contribution in [3.63, 3.8) is 0 Å². The van der Waals surface area contributed by atoms with Crippen molar-refractivity contribution in [3.8, 4) is 6.07 Å². The monoisotopic (exact) mass is 223 g/mol. The summed E-state index contributed by atoms with van der Waals surface area (Å²) in [5.74, 6) is -0.558. The Morgan fingerprint density at radius 1 is 1.06 bits per heavy atom. The van der Waals surface area contributed by atoms with E-state index in [9.17, 15) is 14.4 Å². The van der Waals surface area contributed by atoms with E-state index in [0.717, 1.165) is 0 Å². The largest absolute Gasteiger partial charge is 0.300 e. The van der Waals surface area contributed by atoms with Gasteiger partial charge in [-0.25, -0.2) is 0 Å². The molecule has 16 heavy (non-hydrogen) atoms. The second-order valence-corrected chi connectivity index (χ2v) is 4.05. The smallest absolute Gasteiger partial charge is 0.143 e. The lowest BCUT2D eigenvalue weighted by Crippen LogP contribution is -2.37. The molecule has 0 aliphatic carbocycles. The Bertz CT molecular complexity index is 325. The van der Waals surface area contributed by atoms with Gasteiger partial charge < -0.3 is 4.79 Å². The van der Waals surface area contributed by atoms with E-state index in [4.69, 9.17) is 5.26 Å². The third-order valence-corrected chi connectivity index (χ3v) is 2.92. The highest BCUT2D eigenvalue weighted by molar-refractivity contribution is 6.05. The molecule has 0 aliphatic rings. The van der Waals surface area contributed by atoms with Gasteiger partial charge in [0.2, 0.25) is 0 Å². The van der Waals surface area contributed by atoms with Crippen LogP contribution in [-0.2, 0) is 14.4 Å². The minimum Gasteiger partial charge on any atom is -0.300 e. The van der Waals surface area contributed by atoms with Crippen LogP contribution in [0.15, 0.2) is 0 Å². The molecule has 0 N–H and O–H groups in total. The van der Waals surface area contributed by atoms with Crippen molar-refractivity contribution in [2.45, 2.75) is 46.5 Å². The quantitative estimate of drug-likeness (QED) is 0.617. The van der Waals surface area contributed by atoms with Crippen molar-refractivity contribution in [2.75, 3.05) is 0 Å². The zero-order valence-corrected chi connectivity index (χ0v) is 10.0. The Morgan fingerprint density at radius 3 is 1.88 bits per heavy atom. The minimum atomic E-state index is -1.14. The standard InChI is InChI=1S/C12H17NO3/c1-9(14)5-7-12(10(2)15,11(3)16)6-4-8-13/h4-7H2,1-3H3. The molecule has 0 saturated heterocycles. The Balaban J connectivity index is 4.95. The van der Waals surface area contributed by atoms with Gasteiger partial charge in [0.15, 0.2) is 0 Å². The van der Waals surface area contributed by atoms with Gasteiger partial charge in [0.25, 0.3) is 0 Å². The summed E-state index contributed by atoms with van der Waals surface area (Å²) in [5, 5.41) is 8.53. The molecule has 0 aliphatic heterocycles. The van der Waals surface area contributed by atoms with Crippen molar-refractivity contribution in [2.24, 2.45) is 5.41 Å². The number of nitriles is 1. The maximum atomic E-state index is 11.6. The zero-order chi connectivity index (χ0) is 12.8. The number of hydrogen-bond acceptors (Lipinski definition) is 4. The second kappa shape index (κ2) is 6.16. The molecule has 0 saturated carbocycles. The van der Waals surface area contributed by atoms with Crippen molar-refractivity contribution >= 4 is 17.3 Å². The molecule has 88 valence electrons. The van der Waals surface area contributed by atoms with Crippen molar-refractivity contribution in [1.29, 1.82) is 5.26 Å². The van der Waals surface area contributed by atoms with Crippen molar-refractivity contribution in [1.82, 2.24) is 0 Å². The predicted octanol–water partition coefficient (Wildman–Crippen LogP) is 1.82. The number of hydrogen-bond donors (Lipinski definition) is 0. The van der Waals surface area contributed by atoms with Gasteiger partial charge in [0.05, 0.1) is 11.5 Å². The van der Waals surface area contributed by atoms with Gasteiger partial charge in [-0.15, -0.1) is 0 Å². The maximum Gasteiger partial charge on any atom is 0.143 e. The molecule has 0 fully saturated rings. The normalized spacial score (nSPS) is 10.6. The van der Waals surface area contributed by atoms with Crippen LogP contribution in [0.25, 0.3) is 0 Å². The van der Waals surface area contributed by atoms with Gasteiger partial charge in [-0.1, -0.05) is 0 Å². The van der Waals surface area contributed by atoms with Gasteiger partial charge in [-0.05, 0) is 33.6 Å². The molecule has 0 heterocycles. The van der Waals surface area contributed by atoms with E-state index < -0.39 is 5.41 Å². The Kier molecular flexibility index (Phi) is 5.59. The van der Waals surface area contributed by atoms with E-state index in [1.807, 2.05) is 6.07 Å². The molecular formula is C12H17NO3. The average molecular weight is 223 g/mol. The third-order valence-electron chi connectivity index (χ3n) is 2.92. The van der Waals surface area contributed by atoms with Gasteiger partial charge in [-0.3, -0.25) is 9.59 Å². The summed E-state index contributed by atoms with van der Waals surface area (Å²) in [6, 6.07) is 1.93. The summed E-state index contributed by atoms with van der Waals surface area (Å²) in [7, 11) is 0. The van der Waals surface area contributed by atoms with Gasteiger partial charge in [0, 0.05) is 12.8 Å². The van der Waals surface area contributed by atoms with E-state index in [1.165, 1.54) is 20.8 Å². The van der Waals surface area contributed by atoms with Crippen LogP contribution in [0.5, 0.6) is 0 Å². The highest BCUT2D eigenvalue weighted by Crippen LogP contribution is 2.32. The highest BCUT2D eigenvalue weighted by atomic mass is 16.2.